The van der Waals surface area contributed by atoms with Crippen molar-refractivity contribution in [1.82, 2.24) is 0 Å². The lowest BCUT2D eigenvalue weighted by molar-refractivity contribution is -0.0142. The lowest BCUT2D eigenvalue weighted by Crippen LogP contribution is -2.36. The second-order valence-corrected chi connectivity index (χ2v) is 6.08. The van der Waals surface area contributed by atoms with Gasteiger partial charge in [-0.3, -0.25) is 0 Å². The van der Waals surface area contributed by atoms with Gasteiger partial charge in [0.25, 0.3) is 0 Å². The van der Waals surface area contributed by atoms with E-state index >= 15 is 0 Å². The number of fused-ring (bicyclic) bond motifs is 1. The van der Waals surface area contributed by atoms with Gasteiger partial charge in [0.2, 0.25) is 5.75 Å². The number of benzene rings is 2. The monoisotopic (exact) mass is 362 g/mol. The van der Waals surface area contributed by atoms with Gasteiger partial charge in [0.15, 0.2) is 35.2 Å². The molecule has 2 atom stereocenters. The zero-order valence-corrected chi connectivity index (χ0v) is 14.4. The van der Waals surface area contributed by atoms with Crippen LogP contribution in [0.15, 0.2) is 30.3 Å². The molecule has 0 saturated carbocycles. The van der Waals surface area contributed by atoms with Crippen LogP contribution in [0.2, 0.25) is 0 Å². The smallest absolute Gasteiger partial charge is 0.203 e. The number of aromatic hydroxyl groups is 2. The van der Waals surface area contributed by atoms with Crippen molar-refractivity contribution >= 4 is 0 Å². The third kappa shape index (κ3) is 3.49. The number of aliphatic hydroxyl groups excluding tert-OH is 2. The predicted octanol–water partition coefficient (Wildman–Crippen LogP) is 1.90. The normalized spacial score (nSPS) is 18.6. The number of rotatable bonds is 6. The first-order chi connectivity index (χ1) is 12.6. The molecular weight excluding hydrogens is 340 g/mol. The molecule has 1 aliphatic rings. The van der Waals surface area contributed by atoms with Crippen molar-refractivity contribution in [3.63, 3.8) is 0 Å². The Balaban J connectivity index is 1.96. The zero-order valence-electron chi connectivity index (χ0n) is 14.4. The molecule has 2 aromatic rings. The van der Waals surface area contributed by atoms with Gasteiger partial charge in [-0.1, -0.05) is 6.07 Å². The third-order valence-corrected chi connectivity index (χ3v) is 4.29. The minimum atomic E-state index is -0.731. The fraction of sp³-hybridized carbons (Fsp3) is 0.368. The van der Waals surface area contributed by atoms with Crippen molar-refractivity contribution in [3.05, 3.63) is 41.5 Å². The fourth-order valence-corrected chi connectivity index (χ4v) is 2.99. The lowest BCUT2D eigenvalue weighted by Gasteiger charge is -2.34. The van der Waals surface area contributed by atoms with Crippen LogP contribution in [0.3, 0.4) is 0 Å². The largest absolute Gasteiger partial charge is 0.504 e. The molecule has 0 aliphatic carbocycles. The summed E-state index contributed by atoms with van der Waals surface area (Å²) in [5, 5.41) is 38.7. The van der Waals surface area contributed by atoms with Gasteiger partial charge in [-0.25, -0.2) is 0 Å². The maximum Gasteiger partial charge on any atom is 0.203 e. The van der Waals surface area contributed by atoms with E-state index in [0.29, 0.717) is 24.2 Å². The molecule has 3 rings (SSSR count). The molecule has 0 bridgehead atoms. The van der Waals surface area contributed by atoms with Gasteiger partial charge in [0.1, 0.15) is 0 Å². The molecule has 2 aromatic carbocycles. The molecule has 0 spiro atoms. The highest BCUT2D eigenvalue weighted by atomic mass is 16.6. The molecule has 4 N–H and O–H groups in total. The molecule has 0 fully saturated rings. The molecule has 0 saturated heterocycles. The summed E-state index contributed by atoms with van der Waals surface area (Å²) in [7, 11) is 1.45. The summed E-state index contributed by atoms with van der Waals surface area (Å²) in [5.74, 6) is 0.750. The van der Waals surface area contributed by atoms with Crippen molar-refractivity contribution in [2.24, 2.45) is 0 Å². The summed E-state index contributed by atoms with van der Waals surface area (Å²) < 4.78 is 16.9. The molecule has 26 heavy (non-hydrogen) atoms. The van der Waals surface area contributed by atoms with Gasteiger partial charge in [0.05, 0.1) is 13.7 Å². The zero-order chi connectivity index (χ0) is 18.7. The maximum absolute atomic E-state index is 10.2. The third-order valence-electron chi connectivity index (χ3n) is 4.29. The molecule has 7 nitrogen and oxygen atoms in total. The minimum absolute atomic E-state index is 0.00198. The predicted molar refractivity (Wildman–Crippen MR) is 93.0 cm³/mol. The van der Waals surface area contributed by atoms with E-state index in [1.54, 1.807) is 24.3 Å². The van der Waals surface area contributed by atoms with Crippen molar-refractivity contribution in [2.45, 2.75) is 25.0 Å². The molecule has 140 valence electrons. The Labute approximate surface area is 151 Å². The van der Waals surface area contributed by atoms with Crippen LogP contribution in [0.5, 0.6) is 28.7 Å². The van der Waals surface area contributed by atoms with E-state index < -0.39 is 12.2 Å². The summed E-state index contributed by atoms with van der Waals surface area (Å²) in [4.78, 5) is 0. The summed E-state index contributed by atoms with van der Waals surface area (Å²) in [6.45, 7) is -0.267. The molecule has 0 amide bonds. The first-order valence-corrected chi connectivity index (χ1v) is 8.35. The molecule has 1 aliphatic heterocycles. The van der Waals surface area contributed by atoms with E-state index in [1.165, 1.54) is 13.2 Å². The average molecular weight is 362 g/mol. The van der Waals surface area contributed by atoms with Crippen LogP contribution in [0.1, 0.15) is 23.7 Å². The van der Waals surface area contributed by atoms with Crippen LogP contribution in [0.4, 0.5) is 0 Å². The van der Waals surface area contributed by atoms with E-state index in [9.17, 15) is 15.3 Å². The Hall–Kier alpha value is -2.64. The Kier molecular flexibility index (Phi) is 5.39. The number of aryl methyl sites for hydroxylation is 1. The first kappa shape index (κ1) is 18.2. The number of aliphatic hydroxyl groups is 2. The van der Waals surface area contributed by atoms with Gasteiger partial charge in [-0.15, -0.1) is 0 Å². The number of ether oxygens (including phenoxy) is 3. The average Bonchev–Trinajstić information content (AvgIpc) is 2.66. The Morgan fingerprint density at radius 1 is 1.04 bits per heavy atom. The highest BCUT2D eigenvalue weighted by Crippen LogP contribution is 2.46. The SMILES string of the molecule is COc1cc([C@@H]2Oc3cc(CCCO)cc(O)c3O[C@H]2CO)ccc1O. The standard InChI is InChI=1S/C19H22O7/c1-24-15-9-12(4-5-13(15)22)18-17(10-21)26-19-14(23)7-11(3-2-6-20)8-16(19)25-18/h4-5,7-9,17-18,20-23H,2-3,6,10H2,1H3/t17-,18-/m0/s1. The van der Waals surface area contributed by atoms with Crippen molar-refractivity contribution in [2.75, 3.05) is 20.3 Å². The topological polar surface area (TPSA) is 109 Å². The van der Waals surface area contributed by atoms with Gasteiger partial charge < -0.3 is 34.6 Å². The van der Waals surface area contributed by atoms with Crippen LogP contribution < -0.4 is 14.2 Å². The van der Waals surface area contributed by atoms with Crippen molar-refractivity contribution < 1.29 is 34.6 Å². The lowest BCUT2D eigenvalue weighted by atomic mass is 10.0. The van der Waals surface area contributed by atoms with Crippen LogP contribution in [-0.4, -0.2) is 46.9 Å². The first-order valence-electron chi connectivity index (χ1n) is 8.35. The van der Waals surface area contributed by atoms with Crippen LogP contribution in [-0.2, 0) is 6.42 Å². The van der Waals surface area contributed by atoms with Gasteiger partial charge in [-0.05, 0) is 42.7 Å². The summed E-state index contributed by atoms with van der Waals surface area (Å²) in [5.41, 5.74) is 1.47. The molecule has 0 radical (unpaired) electrons. The molecule has 0 unspecified atom stereocenters. The van der Waals surface area contributed by atoms with E-state index in [2.05, 4.69) is 0 Å². The van der Waals surface area contributed by atoms with Gasteiger partial charge in [0, 0.05) is 12.2 Å². The number of hydrogen-bond donors (Lipinski definition) is 4. The molecule has 7 heteroatoms. The highest BCUT2D eigenvalue weighted by molar-refractivity contribution is 5.55. The Bertz CT molecular complexity index is 775. The summed E-state index contributed by atoms with van der Waals surface area (Å²) in [6.07, 6.45) is -0.223. The van der Waals surface area contributed by atoms with E-state index in [4.69, 9.17) is 19.3 Å². The highest BCUT2D eigenvalue weighted by Gasteiger charge is 2.35. The van der Waals surface area contributed by atoms with Crippen LogP contribution in [0.25, 0.3) is 0 Å². The van der Waals surface area contributed by atoms with E-state index in [0.717, 1.165) is 5.56 Å². The summed E-state index contributed by atoms with van der Waals surface area (Å²) >= 11 is 0. The van der Waals surface area contributed by atoms with Crippen molar-refractivity contribution in [1.29, 1.82) is 0 Å². The molecular formula is C19H22O7. The van der Waals surface area contributed by atoms with Crippen LogP contribution >= 0.6 is 0 Å². The number of phenolic OH excluding ortho intramolecular Hbond substituents is 2. The molecule has 0 aromatic heterocycles. The van der Waals surface area contributed by atoms with Gasteiger partial charge in [-0.2, -0.15) is 0 Å². The Morgan fingerprint density at radius 2 is 1.85 bits per heavy atom. The second-order valence-electron chi connectivity index (χ2n) is 6.08. The Morgan fingerprint density at radius 3 is 2.54 bits per heavy atom. The fourth-order valence-electron chi connectivity index (χ4n) is 2.99. The summed E-state index contributed by atoms with van der Waals surface area (Å²) in [6, 6.07) is 8.08. The van der Waals surface area contributed by atoms with E-state index in [-0.39, 0.29) is 36.2 Å². The minimum Gasteiger partial charge on any atom is -0.504 e. The number of hydrogen-bond acceptors (Lipinski definition) is 7. The van der Waals surface area contributed by atoms with E-state index in [1.807, 2.05) is 0 Å². The maximum atomic E-state index is 10.2. The number of phenols is 2. The molecule has 1 heterocycles. The number of methoxy groups -OCH3 is 1. The van der Waals surface area contributed by atoms with Crippen molar-refractivity contribution in [3.8, 4) is 28.7 Å². The van der Waals surface area contributed by atoms with Crippen LogP contribution in [0, 0.1) is 0 Å². The van der Waals surface area contributed by atoms with Gasteiger partial charge >= 0.3 is 0 Å². The quantitative estimate of drug-likeness (QED) is 0.621. The second kappa shape index (κ2) is 7.72.